The number of rotatable bonds is 3. The maximum absolute atomic E-state index is 11.4. The molecular formula is C13H14N4O2. The first kappa shape index (κ1) is 13.1. The minimum absolute atomic E-state index is 0.0164. The van der Waals surface area contributed by atoms with Crippen molar-refractivity contribution in [3.63, 3.8) is 0 Å². The molecule has 19 heavy (non-hydrogen) atoms. The normalized spacial score (nSPS) is 12.5. The first-order valence-electron chi connectivity index (χ1n) is 5.77. The molecule has 2 aromatic heterocycles. The predicted octanol–water partition coefficient (Wildman–Crippen LogP) is 1.44. The lowest BCUT2D eigenvalue weighted by Crippen LogP contribution is -2.04. The van der Waals surface area contributed by atoms with Crippen LogP contribution in [0.4, 0.5) is 0 Å². The van der Waals surface area contributed by atoms with E-state index in [1.165, 1.54) is 24.1 Å². The number of carbonyl (C=O) groups is 1. The highest BCUT2D eigenvalue weighted by Gasteiger charge is 2.10. The van der Waals surface area contributed by atoms with Gasteiger partial charge in [-0.15, -0.1) is 0 Å². The van der Waals surface area contributed by atoms with Crippen molar-refractivity contribution in [1.82, 2.24) is 19.5 Å². The standard InChI is InChI=1S/C13H14N4O2/c1-9(6-18)4-3-5-11-12-13(15-7-14-11)17(8-16-12)10(2)19/h3-5,7-8,18H,6H2,1-2H3/b5-3+,9-4+. The lowest BCUT2D eigenvalue weighted by atomic mass is 10.2. The van der Waals surface area contributed by atoms with Crippen LogP contribution in [0.2, 0.25) is 0 Å². The second kappa shape index (κ2) is 5.53. The van der Waals surface area contributed by atoms with E-state index in [2.05, 4.69) is 15.0 Å². The van der Waals surface area contributed by atoms with Crippen LogP contribution >= 0.6 is 0 Å². The number of fused-ring (bicyclic) bond motifs is 1. The van der Waals surface area contributed by atoms with E-state index >= 15 is 0 Å². The van der Waals surface area contributed by atoms with E-state index in [1.807, 2.05) is 6.92 Å². The molecule has 2 aromatic rings. The Morgan fingerprint density at radius 2 is 2.16 bits per heavy atom. The summed E-state index contributed by atoms with van der Waals surface area (Å²) in [5.74, 6) is -0.146. The molecule has 0 aromatic carbocycles. The van der Waals surface area contributed by atoms with Crippen LogP contribution < -0.4 is 0 Å². The van der Waals surface area contributed by atoms with Crippen molar-refractivity contribution in [2.45, 2.75) is 13.8 Å². The Hall–Kier alpha value is -2.34. The van der Waals surface area contributed by atoms with E-state index in [-0.39, 0.29) is 12.5 Å². The van der Waals surface area contributed by atoms with Gasteiger partial charge in [0.2, 0.25) is 5.91 Å². The summed E-state index contributed by atoms with van der Waals surface area (Å²) in [6.07, 6.45) is 8.16. The van der Waals surface area contributed by atoms with Gasteiger partial charge in [-0.1, -0.05) is 12.2 Å². The van der Waals surface area contributed by atoms with E-state index in [9.17, 15) is 4.79 Å². The Kier molecular flexibility index (Phi) is 3.82. The molecule has 0 saturated heterocycles. The van der Waals surface area contributed by atoms with Gasteiger partial charge in [-0.3, -0.25) is 9.36 Å². The number of aliphatic hydroxyl groups is 1. The number of allylic oxidation sites excluding steroid dienone is 2. The number of carbonyl (C=O) groups excluding carboxylic acids is 1. The zero-order valence-corrected chi connectivity index (χ0v) is 10.7. The lowest BCUT2D eigenvalue weighted by molar-refractivity contribution is 0.0940. The third-order valence-electron chi connectivity index (χ3n) is 2.59. The molecule has 6 heteroatoms. The third-order valence-corrected chi connectivity index (χ3v) is 2.59. The first-order valence-corrected chi connectivity index (χ1v) is 5.77. The quantitative estimate of drug-likeness (QED) is 0.842. The maximum atomic E-state index is 11.4. The number of aromatic nitrogens is 4. The van der Waals surface area contributed by atoms with Gasteiger partial charge in [0.25, 0.3) is 0 Å². The summed E-state index contributed by atoms with van der Waals surface area (Å²) in [5.41, 5.74) is 2.54. The van der Waals surface area contributed by atoms with Gasteiger partial charge < -0.3 is 5.11 Å². The number of imidazole rings is 1. The fourth-order valence-electron chi connectivity index (χ4n) is 1.56. The fraction of sp³-hybridized carbons (Fsp3) is 0.231. The molecule has 0 spiro atoms. The molecule has 0 fully saturated rings. The number of hydrogen-bond donors (Lipinski definition) is 1. The number of hydrogen-bond acceptors (Lipinski definition) is 5. The molecule has 0 amide bonds. The van der Waals surface area contributed by atoms with Gasteiger partial charge in [0.05, 0.1) is 12.3 Å². The first-order chi connectivity index (χ1) is 9.13. The van der Waals surface area contributed by atoms with Gasteiger partial charge >= 0.3 is 0 Å². The van der Waals surface area contributed by atoms with Crippen molar-refractivity contribution in [2.24, 2.45) is 0 Å². The Balaban J connectivity index is 2.43. The maximum Gasteiger partial charge on any atom is 0.230 e. The molecule has 0 radical (unpaired) electrons. The van der Waals surface area contributed by atoms with E-state index in [0.29, 0.717) is 16.9 Å². The largest absolute Gasteiger partial charge is 0.392 e. The van der Waals surface area contributed by atoms with Crippen LogP contribution in [0, 0.1) is 0 Å². The zero-order chi connectivity index (χ0) is 13.8. The van der Waals surface area contributed by atoms with E-state index in [4.69, 9.17) is 5.11 Å². The summed E-state index contributed by atoms with van der Waals surface area (Å²) >= 11 is 0. The van der Waals surface area contributed by atoms with Crippen LogP contribution in [-0.4, -0.2) is 37.1 Å². The topological polar surface area (TPSA) is 80.9 Å². The van der Waals surface area contributed by atoms with Crippen LogP contribution in [0.25, 0.3) is 17.2 Å². The molecule has 2 heterocycles. The molecule has 0 aliphatic heterocycles. The summed E-state index contributed by atoms with van der Waals surface area (Å²) in [6.45, 7) is 3.29. The molecule has 98 valence electrons. The number of nitrogens with zero attached hydrogens (tertiary/aromatic N) is 4. The van der Waals surface area contributed by atoms with Crippen molar-refractivity contribution in [3.05, 3.63) is 36.1 Å². The second-order valence-electron chi connectivity index (χ2n) is 4.09. The predicted molar refractivity (Wildman–Crippen MR) is 71.5 cm³/mol. The van der Waals surface area contributed by atoms with Crippen molar-refractivity contribution in [3.8, 4) is 0 Å². The van der Waals surface area contributed by atoms with Gasteiger partial charge in [0, 0.05) is 6.92 Å². The van der Waals surface area contributed by atoms with Crippen LogP contribution in [-0.2, 0) is 0 Å². The lowest BCUT2D eigenvalue weighted by Gasteiger charge is -1.97. The van der Waals surface area contributed by atoms with Gasteiger partial charge in [0.15, 0.2) is 5.65 Å². The van der Waals surface area contributed by atoms with Crippen molar-refractivity contribution < 1.29 is 9.90 Å². The average molecular weight is 258 g/mol. The van der Waals surface area contributed by atoms with Crippen molar-refractivity contribution in [2.75, 3.05) is 6.61 Å². The summed E-state index contributed by atoms with van der Waals surface area (Å²) in [4.78, 5) is 23.7. The molecule has 0 atom stereocenters. The zero-order valence-electron chi connectivity index (χ0n) is 10.7. The summed E-state index contributed by atoms with van der Waals surface area (Å²) < 4.78 is 1.38. The Morgan fingerprint density at radius 3 is 2.84 bits per heavy atom. The molecule has 0 aliphatic rings. The van der Waals surface area contributed by atoms with Gasteiger partial charge in [-0.25, -0.2) is 15.0 Å². The molecule has 0 bridgehead atoms. The monoisotopic (exact) mass is 258 g/mol. The van der Waals surface area contributed by atoms with Crippen LogP contribution in [0.1, 0.15) is 24.3 Å². The molecule has 0 aliphatic carbocycles. The fourth-order valence-corrected chi connectivity index (χ4v) is 1.56. The SMILES string of the molecule is CC(=O)n1cnc2c(/C=C/C=C(\C)CO)ncnc21. The molecule has 6 nitrogen and oxygen atoms in total. The van der Waals surface area contributed by atoms with Crippen molar-refractivity contribution >= 4 is 23.1 Å². The van der Waals surface area contributed by atoms with E-state index in [1.54, 1.807) is 18.2 Å². The highest BCUT2D eigenvalue weighted by molar-refractivity contribution is 5.89. The van der Waals surface area contributed by atoms with E-state index < -0.39 is 0 Å². The Labute approximate surface area is 110 Å². The Morgan fingerprint density at radius 1 is 1.37 bits per heavy atom. The minimum atomic E-state index is -0.146. The number of aliphatic hydroxyl groups excluding tert-OH is 1. The van der Waals surface area contributed by atoms with Crippen LogP contribution in [0.5, 0.6) is 0 Å². The van der Waals surface area contributed by atoms with Crippen LogP contribution in [0.15, 0.2) is 30.4 Å². The minimum Gasteiger partial charge on any atom is -0.392 e. The summed E-state index contributed by atoms with van der Waals surface area (Å²) in [6, 6.07) is 0. The highest BCUT2D eigenvalue weighted by atomic mass is 16.3. The highest BCUT2D eigenvalue weighted by Crippen LogP contribution is 2.14. The summed E-state index contributed by atoms with van der Waals surface area (Å²) in [5, 5.41) is 8.89. The average Bonchev–Trinajstić information content (AvgIpc) is 2.83. The molecular weight excluding hydrogens is 244 g/mol. The smallest absolute Gasteiger partial charge is 0.230 e. The van der Waals surface area contributed by atoms with Gasteiger partial charge in [-0.05, 0) is 18.6 Å². The van der Waals surface area contributed by atoms with E-state index in [0.717, 1.165) is 5.57 Å². The summed E-state index contributed by atoms with van der Waals surface area (Å²) in [7, 11) is 0. The van der Waals surface area contributed by atoms with Crippen molar-refractivity contribution in [1.29, 1.82) is 0 Å². The Bertz CT molecular complexity index is 670. The molecule has 0 unspecified atom stereocenters. The second-order valence-corrected chi connectivity index (χ2v) is 4.09. The molecule has 0 saturated carbocycles. The van der Waals surface area contributed by atoms with Gasteiger partial charge in [-0.2, -0.15) is 0 Å². The molecule has 2 rings (SSSR count). The third kappa shape index (κ3) is 2.74. The van der Waals surface area contributed by atoms with Crippen LogP contribution in [0.3, 0.4) is 0 Å². The van der Waals surface area contributed by atoms with Gasteiger partial charge in [0.1, 0.15) is 18.2 Å². The molecule has 1 N–H and O–H groups in total.